The standard InChI is InChI=1S/C22H32NO5PS/c1-22(23,14-15-29(25,26)27)13-12-19-10-11-21(30-19)20(24)9-4-3-6-17-7-5-8-18(16-17)28-2/h5,7-8,10-11,16H,3-4,6,9,12-15,23H2,1-2H3,(H2,25,26,27). The molecule has 0 radical (unpaired) electrons. The van der Waals surface area contributed by atoms with Crippen LogP contribution in [0.3, 0.4) is 0 Å². The summed E-state index contributed by atoms with van der Waals surface area (Å²) < 4.78 is 16.3. The summed E-state index contributed by atoms with van der Waals surface area (Å²) in [5.74, 6) is 1.01. The highest BCUT2D eigenvalue weighted by Gasteiger charge is 2.24. The van der Waals surface area contributed by atoms with Gasteiger partial charge in [0.1, 0.15) is 5.75 Å². The number of benzene rings is 1. The van der Waals surface area contributed by atoms with Gasteiger partial charge in [-0.1, -0.05) is 12.1 Å². The van der Waals surface area contributed by atoms with Crippen molar-refractivity contribution in [1.82, 2.24) is 0 Å². The fourth-order valence-electron chi connectivity index (χ4n) is 3.16. The van der Waals surface area contributed by atoms with Crippen molar-refractivity contribution >= 4 is 24.7 Å². The van der Waals surface area contributed by atoms with Gasteiger partial charge in [-0.15, -0.1) is 11.3 Å². The average Bonchev–Trinajstić information content (AvgIpc) is 3.17. The van der Waals surface area contributed by atoms with Crippen molar-refractivity contribution < 1.29 is 23.9 Å². The van der Waals surface area contributed by atoms with Crippen LogP contribution >= 0.6 is 18.9 Å². The minimum absolute atomic E-state index is 0.161. The van der Waals surface area contributed by atoms with Gasteiger partial charge in [-0.05, 0) is 75.3 Å². The van der Waals surface area contributed by atoms with Gasteiger partial charge >= 0.3 is 7.60 Å². The second-order valence-corrected chi connectivity index (χ2v) is 11.0. The molecule has 4 N–H and O–H groups in total. The van der Waals surface area contributed by atoms with Crippen LogP contribution in [0.25, 0.3) is 0 Å². The van der Waals surface area contributed by atoms with E-state index in [0.717, 1.165) is 34.8 Å². The minimum Gasteiger partial charge on any atom is -0.497 e. The lowest BCUT2D eigenvalue weighted by molar-refractivity contribution is 0.0983. The molecule has 1 atom stereocenters. The maximum atomic E-state index is 12.5. The van der Waals surface area contributed by atoms with Gasteiger partial charge < -0.3 is 20.3 Å². The molecule has 166 valence electrons. The fourth-order valence-corrected chi connectivity index (χ4v) is 4.94. The van der Waals surface area contributed by atoms with E-state index in [1.54, 1.807) is 7.11 Å². The monoisotopic (exact) mass is 453 g/mol. The zero-order chi connectivity index (χ0) is 22.2. The molecule has 0 saturated carbocycles. The topological polar surface area (TPSA) is 110 Å². The third-order valence-corrected chi connectivity index (χ3v) is 7.10. The molecule has 0 amide bonds. The van der Waals surface area contributed by atoms with Crippen LogP contribution in [0.15, 0.2) is 36.4 Å². The molecule has 1 aromatic carbocycles. The number of hydrogen-bond acceptors (Lipinski definition) is 5. The van der Waals surface area contributed by atoms with Crippen LogP contribution in [0, 0.1) is 0 Å². The van der Waals surface area contributed by atoms with E-state index in [0.29, 0.717) is 19.3 Å². The lowest BCUT2D eigenvalue weighted by Gasteiger charge is -2.24. The van der Waals surface area contributed by atoms with Crippen LogP contribution in [0.5, 0.6) is 5.75 Å². The first-order valence-electron chi connectivity index (χ1n) is 10.2. The minimum atomic E-state index is -4.03. The van der Waals surface area contributed by atoms with E-state index in [1.807, 2.05) is 37.3 Å². The van der Waals surface area contributed by atoms with Crippen molar-refractivity contribution in [3.63, 3.8) is 0 Å². The van der Waals surface area contributed by atoms with Crippen LogP contribution in [-0.4, -0.2) is 34.4 Å². The highest BCUT2D eigenvalue weighted by Crippen LogP contribution is 2.37. The predicted molar refractivity (Wildman–Crippen MR) is 122 cm³/mol. The molecule has 1 unspecified atom stereocenters. The lowest BCUT2D eigenvalue weighted by Crippen LogP contribution is -2.37. The molecule has 6 nitrogen and oxygen atoms in total. The molecule has 0 bridgehead atoms. The van der Waals surface area contributed by atoms with Crippen LogP contribution in [-0.2, 0) is 17.4 Å². The second-order valence-electron chi connectivity index (χ2n) is 8.04. The molecule has 0 saturated heterocycles. The Morgan fingerprint density at radius 3 is 2.63 bits per heavy atom. The zero-order valence-corrected chi connectivity index (χ0v) is 19.4. The molecule has 1 aromatic heterocycles. The molecule has 30 heavy (non-hydrogen) atoms. The maximum Gasteiger partial charge on any atom is 0.325 e. The van der Waals surface area contributed by atoms with Gasteiger partial charge in [-0.2, -0.15) is 0 Å². The Labute approximate surface area is 182 Å². The van der Waals surface area contributed by atoms with Crippen molar-refractivity contribution in [3.8, 4) is 5.75 Å². The average molecular weight is 454 g/mol. The number of ketones is 1. The van der Waals surface area contributed by atoms with Gasteiger partial charge in [0.25, 0.3) is 0 Å². The van der Waals surface area contributed by atoms with Gasteiger partial charge in [0, 0.05) is 16.8 Å². The number of thiophene rings is 1. The molecule has 0 aliphatic heterocycles. The number of hydrogen-bond donors (Lipinski definition) is 3. The number of carbonyl (C=O) groups is 1. The van der Waals surface area contributed by atoms with Crippen LogP contribution < -0.4 is 10.5 Å². The van der Waals surface area contributed by atoms with Crippen LogP contribution in [0.1, 0.15) is 59.1 Å². The third kappa shape index (κ3) is 9.11. The number of methoxy groups -OCH3 is 1. The lowest BCUT2D eigenvalue weighted by atomic mass is 9.94. The summed E-state index contributed by atoms with van der Waals surface area (Å²) in [6.45, 7) is 1.81. The fraction of sp³-hybridized carbons (Fsp3) is 0.500. The maximum absolute atomic E-state index is 12.5. The number of carbonyl (C=O) groups excluding carboxylic acids is 1. The smallest absolute Gasteiger partial charge is 0.325 e. The Balaban J connectivity index is 1.74. The Morgan fingerprint density at radius 2 is 1.93 bits per heavy atom. The first-order valence-corrected chi connectivity index (χ1v) is 12.8. The van der Waals surface area contributed by atoms with Gasteiger partial charge in [0.05, 0.1) is 18.1 Å². The van der Waals surface area contributed by atoms with Gasteiger partial charge in [0.2, 0.25) is 0 Å². The highest BCUT2D eigenvalue weighted by atomic mass is 32.1. The number of aryl methyl sites for hydroxylation is 2. The Kier molecular flexibility index (Phi) is 9.26. The van der Waals surface area contributed by atoms with Crippen molar-refractivity contribution in [2.75, 3.05) is 13.3 Å². The van der Waals surface area contributed by atoms with Crippen molar-refractivity contribution in [2.24, 2.45) is 5.73 Å². The molecule has 0 aliphatic carbocycles. The van der Waals surface area contributed by atoms with Gasteiger partial charge in [0.15, 0.2) is 5.78 Å². The Hall–Kier alpha value is -1.50. The molecule has 1 heterocycles. The SMILES string of the molecule is COc1cccc(CCCCC(=O)c2ccc(CCC(C)(N)CCP(=O)(O)O)s2)c1. The second kappa shape index (κ2) is 11.2. The number of unbranched alkanes of at least 4 members (excludes halogenated alkanes) is 1. The molecule has 8 heteroatoms. The third-order valence-electron chi connectivity index (χ3n) is 5.11. The first-order chi connectivity index (χ1) is 14.1. The summed E-state index contributed by atoms with van der Waals surface area (Å²) in [5, 5.41) is 0. The first kappa shape index (κ1) is 24.8. The summed E-state index contributed by atoms with van der Waals surface area (Å²) in [6, 6.07) is 11.8. The summed E-state index contributed by atoms with van der Waals surface area (Å²) in [5.41, 5.74) is 6.74. The predicted octanol–water partition coefficient (Wildman–Crippen LogP) is 4.57. The van der Waals surface area contributed by atoms with E-state index in [-0.39, 0.29) is 18.4 Å². The molecular formula is C22H32NO5PS. The number of ether oxygens (including phenoxy) is 1. The number of rotatable bonds is 13. The van der Waals surface area contributed by atoms with E-state index >= 15 is 0 Å². The quantitative estimate of drug-likeness (QED) is 0.233. The Bertz CT molecular complexity index is 874. The highest BCUT2D eigenvalue weighted by molar-refractivity contribution is 7.51. The largest absolute Gasteiger partial charge is 0.497 e. The molecular weight excluding hydrogens is 421 g/mol. The van der Waals surface area contributed by atoms with E-state index in [9.17, 15) is 9.36 Å². The summed E-state index contributed by atoms with van der Waals surface area (Å²) in [4.78, 5) is 32.3. The molecule has 0 aliphatic rings. The molecule has 2 rings (SSSR count). The summed E-state index contributed by atoms with van der Waals surface area (Å²) in [7, 11) is -2.38. The van der Waals surface area contributed by atoms with E-state index in [2.05, 4.69) is 6.07 Å². The van der Waals surface area contributed by atoms with Gasteiger partial charge in [-0.3, -0.25) is 9.36 Å². The molecule has 2 aromatic rings. The van der Waals surface area contributed by atoms with Crippen LogP contribution in [0.2, 0.25) is 0 Å². The number of nitrogens with two attached hydrogens (primary N) is 1. The van der Waals surface area contributed by atoms with Crippen molar-refractivity contribution in [3.05, 3.63) is 51.7 Å². The van der Waals surface area contributed by atoms with E-state index in [1.165, 1.54) is 16.9 Å². The van der Waals surface area contributed by atoms with Crippen molar-refractivity contribution in [2.45, 2.75) is 57.4 Å². The van der Waals surface area contributed by atoms with Crippen molar-refractivity contribution in [1.29, 1.82) is 0 Å². The molecule has 0 fully saturated rings. The van der Waals surface area contributed by atoms with E-state index < -0.39 is 13.1 Å². The summed E-state index contributed by atoms with van der Waals surface area (Å²) in [6.07, 6.45) is 4.61. The normalized spacial score (nSPS) is 13.8. The van der Waals surface area contributed by atoms with Gasteiger partial charge in [-0.25, -0.2) is 0 Å². The molecule has 0 spiro atoms. The zero-order valence-electron chi connectivity index (χ0n) is 17.7. The summed E-state index contributed by atoms with van der Waals surface area (Å²) >= 11 is 1.49. The Morgan fingerprint density at radius 1 is 1.17 bits per heavy atom. The van der Waals surface area contributed by atoms with Crippen LogP contribution in [0.4, 0.5) is 0 Å². The van der Waals surface area contributed by atoms with E-state index in [4.69, 9.17) is 20.3 Å². The number of Topliss-reactive ketones (excluding diaryl/α,β-unsaturated/α-hetero) is 1.